The Morgan fingerprint density at radius 3 is 2.20 bits per heavy atom. The van der Waals surface area contributed by atoms with Crippen molar-refractivity contribution < 1.29 is 8.78 Å². The molecule has 0 bridgehead atoms. The number of nitrogens with zero attached hydrogens (tertiary/aromatic N) is 1. The third-order valence-corrected chi connectivity index (χ3v) is 4.25. The first-order chi connectivity index (χ1) is 9.45. The SMILES string of the molecule is CCNC(c1cc(F)cc(F)c1)C(C)(C)N1CCCC1. The lowest BCUT2D eigenvalue weighted by Crippen LogP contribution is -2.51. The van der Waals surface area contributed by atoms with E-state index < -0.39 is 11.6 Å². The molecule has 1 atom stereocenters. The van der Waals surface area contributed by atoms with Gasteiger partial charge in [0.15, 0.2) is 0 Å². The average Bonchev–Trinajstić information content (AvgIpc) is 2.88. The molecule has 2 nitrogen and oxygen atoms in total. The van der Waals surface area contributed by atoms with E-state index in [1.165, 1.54) is 25.0 Å². The van der Waals surface area contributed by atoms with E-state index in [2.05, 4.69) is 24.1 Å². The average molecular weight is 282 g/mol. The van der Waals surface area contributed by atoms with Gasteiger partial charge in [0.1, 0.15) is 11.6 Å². The van der Waals surface area contributed by atoms with E-state index in [4.69, 9.17) is 0 Å². The molecule has 0 radical (unpaired) electrons. The molecule has 1 unspecified atom stereocenters. The first kappa shape index (κ1) is 15.4. The molecule has 1 fully saturated rings. The Morgan fingerprint density at radius 2 is 1.70 bits per heavy atom. The second-order valence-electron chi connectivity index (χ2n) is 6.04. The summed E-state index contributed by atoms with van der Waals surface area (Å²) in [6.45, 7) is 9.17. The third-order valence-electron chi connectivity index (χ3n) is 4.25. The number of benzene rings is 1. The van der Waals surface area contributed by atoms with Crippen LogP contribution >= 0.6 is 0 Å². The normalized spacial score (nSPS) is 18.4. The molecular formula is C16H24F2N2. The summed E-state index contributed by atoms with van der Waals surface area (Å²) in [5, 5.41) is 3.40. The van der Waals surface area contributed by atoms with E-state index in [9.17, 15) is 8.78 Å². The highest BCUT2D eigenvalue weighted by Crippen LogP contribution is 2.34. The van der Waals surface area contributed by atoms with Crippen LogP contribution in [-0.4, -0.2) is 30.1 Å². The number of likely N-dealkylation sites (tertiary alicyclic amines) is 1. The standard InChI is InChI=1S/C16H24F2N2/c1-4-19-15(12-9-13(17)11-14(18)10-12)16(2,3)20-7-5-6-8-20/h9-11,15,19H,4-8H2,1-3H3. The highest BCUT2D eigenvalue weighted by Gasteiger charge is 2.37. The second-order valence-corrected chi connectivity index (χ2v) is 6.04. The molecule has 1 aliphatic heterocycles. The highest BCUT2D eigenvalue weighted by atomic mass is 19.1. The van der Waals surface area contributed by atoms with E-state index >= 15 is 0 Å². The number of hydrogen-bond acceptors (Lipinski definition) is 2. The summed E-state index contributed by atoms with van der Waals surface area (Å²) in [5.41, 5.74) is 0.508. The van der Waals surface area contributed by atoms with E-state index in [1.54, 1.807) is 0 Å². The highest BCUT2D eigenvalue weighted by molar-refractivity contribution is 5.25. The van der Waals surface area contributed by atoms with Crippen molar-refractivity contribution in [3.63, 3.8) is 0 Å². The predicted octanol–water partition coefficient (Wildman–Crippen LogP) is 3.49. The molecule has 4 heteroatoms. The van der Waals surface area contributed by atoms with Crippen molar-refractivity contribution in [1.29, 1.82) is 0 Å². The number of halogens is 2. The zero-order valence-electron chi connectivity index (χ0n) is 12.5. The van der Waals surface area contributed by atoms with E-state index in [0.717, 1.165) is 25.7 Å². The first-order valence-electron chi connectivity index (χ1n) is 7.39. The Balaban J connectivity index is 2.33. The summed E-state index contributed by atoms with van der Waals surface area (Å²) in [6, 6.07) is 3.72. The minimum Gasteiger partial charge on any atom is -0.309 e. The van der Waals surface area contributed by atoms with Gasteiger partial charge in [-0.05, 0) is 64.0 Å². The van der Waals surface area contributed by atoms with Gasteiger partial charge in [-0.3, -0.25) is 4.90 Å². The van der Waals surface area contributed by atoms with Crippen molar-refractivity contribution in [2.75, 3.05) is 19.6 Å². The second kappa shape index (κ2) is 6.19. The van der Waals surface area contributed by atoms with Crippen LogP contribution in [0, 0.1) is 11.6 Å². The van der Waals surface area contributed by atoms with Gasteiger partial charge >= 0.3 is 0 Å². The van der Waals surface area contributed by atoms with Crippen LogP contribution in [0.3, 0.4) is 0 Å². The van der Waals surface area contributed by atoms with Crippen LogP contribution < -0.4 is 5.32 Å². The Bertz CT molecular complexity index is 434. The Hall–Kier alpha value is -1.00. The molecule has 0 saturated carbocycles. The largest absolute Gasteiger partial charge is 0.309 e. The molecule has 1 aromatic carbocycles. The lowest BCUT2D eigenvalue weighted by atomic mass is 9.87. The minimum atomic E-state index is -0.514. The maximum atomic E-state index is 13.5. The van der Waals surface area contributed by atoms with Crippen molar-refractivity contribution in [2.45, 2.75) is 45.2 Å². The molecule has 0 spiro atoms. The van der Waals surface area contributed by atoms with Crippen molar-refractivity contribution >= 4 is 0 Å². The zero-order valence-corrected chi connectivity index (χ0v) is 12.5. The quantitative estimate of drug-likeness (QED) is 0.889. The van der Waals surface area contributed by atoms with Gasteiger partial charge in [0, 0.05) is 11.6 Å². The van der Waals surface area contributed by atoms with Gasteiger partial charge in [0.25, 0.3) is 0 Å². The van der Waals surface area contributed by atoms with Crippen LogP contribution in [-0.2, 0) is 0 Å². The van der Waals surface area contributed by atoms with Crippen LogP contribution in [0.2, 0.25) is 0 Å². The number of hydrogen-bond donors (Lipinski definition) is 1. The smallest absolute Gasteiger partial charge is 0.126 e. The predicted molar refractivity (Wildman–Crippen MR) is 77.7 cm³/mol. The monoisotopic (exact) mass is 282 g/mol. The van der Waals surface area contributed by atoms with Gasteiger partial charge < -0.3 is 5.32 Å². The first-order valence-corrected chi connectivity index (χ1v) is 7.39. The number of nitrogens with one attached hydrogen (secondary N) is 1. The third kappa shape index (κ3) is 3.18. The molecule has 112 valence electrons. The Kier molecular flexibility index (Phi) is 4.76. The molecule has 1 aromatic rings. The fourth-order valence-electron chi connectivity index (χ4n) is 3.20. The van der Waals surface area contributed by atoms with Crippen molar-refractivity contribution in [2.24, 2.45) is 0 Å². The van der Waals surface area contributed by atoms with Gasteiger partial charge in [-0.2, -0.15) is 0 Å². The summed E-state index contributed by atoms with van der Waals surface area (Å²) in [7, 11) is 0. The molecule has 2 rings (SSSR count). The topological polar surface area (TPSA) is 15.3 Å². The lowest BCUT2D eigenvalue weighted by molar-refractivity contribution is 0.107. The molecule has 1 saturated heterocycles. The van der Waals surface area contributed by atoms with Gasteiger partial charge in [-0.25, -0.2) is 8.78 Å². The van der Waals surface area contributed by atoms with Crippen LogP contribution in [0.5, 0.6) is 0 Å². The van der Waals surface area contributed by atoms with Crippen molar-refractivity contribution in [1.82, 2.24) is 10.2 Å². The molecular weight excluding hydrogens is 258 g/mol. The van der Waals surface area contributed by atoms with Gasteiger partial charge in [0.2, 0.25) is 0 Å². The molecule has 0 aromatic heterocycles. The fraction of sp³-hybridized carbons (Fsp3) is 0.625. The summed E-state index contributed by atoms with van der Waals surface area (Å²) >= 11 is 0. The van der Waals surface area contributed by atoms with Gasteiger partial charge in [-0.15, -0.1) is 0 Å². The van der Waals surface area contributed by atoms with Crippen LogP contribution in [0.4, 0.5) is 8.78 Å². The molecule has 0 aliphatic carbocycles. The van der Waals surface area contributed by atoms with Gasteiger partial charge in [0.05, 0.1) is 6.04 Å². The summed E-state index contributed by atoms with van der Waals surface area (Å²) in [4.78, 5) is 2.41. The zero-order chi connectivity index (χ0) is 14.8. The van der Waals surface area contributed by atoms with Crippen LogP contribution in [0.25, 0.3) is 0 Å². The lowest BCUT2D eigenvalue weighted by Gasteiger charge is -2.42. The van der Waals surface area contributed by atoms with Crippen molar-refractivity contribution in [3.8, 4) is 0 Å². The molecule has 0 amide bonds. The number of likely N-dealkylation sites (N-methyl/N-ethyl adjacent to an activating group) is 1. The Labute approximate surface area is 120 Å². The summed E-state index contributed by atoms with van der Waals surface area (Å²) < 4.78 is 27.0. The number of rotatable bonds is 5. The molecule has 1 aliphatic rings. The molecule has 20 heavy (non-hydrogen) atoms. The Morgan fingerprint density at radius 1 is 1.15 bits per heavy atom. The maximum Gasteiger partial charge on any atom is 0.126 e. The van der Waals surface area contributed by atoms with Crippen molar-refractivity contribution in [3.05, 3.63) is 35.4 Å². The summed E-state index contributed by atoms with van der Waals surface area (Å²) in [6.07, 6.45) is 2.39. The van der Waals surface area contributed by atoms with Crippen LogP contribution in [0.1, 0.15) is 45.2 Å². The van der Waals surface area contributed by atoms with E-state index in [-0.39, 0.29) is 11.6 Å². The van der Waals surface area contributed by atoms with Gasteiger partial charge in [-0.1, -0.05) is 6.92 Å². The molecule has 1 N–H and O–H groups in total. The maximum absolute atomic E-state index is 13.5. The van der Waals surface area contributed by atoms with Crippen LogP contribution in [0.15, 0.2) is 18.2 Å². The molecule has 1 heterocycles. The van der Waals surface area contributed by atoms with E-state index in [0.29, 0.717) is 5.56 Å². The minimum absolute atomic E-state index is 0.0872. The summed E-state index contributed by atoms with van der Waals surface area (Å²) in [5.74, 6) is -1.03. The van der Waals surface area contributed by atoms with E-state index in [1.807, 2.05) is 6.92 Å². The fourth-order valence-corrected chi connectivity index (χ4v) is 3.20.